The summed E-state index contributed by atoms with van der Waals surface area (Å²) in [5.74, 6) is 0. The quantitative estimate of drug-likeness (QED) is 0.719. The number of hydrogen-bond acceptors (Lipinski definition) is 3. The molecule has 1 heterocycles. The molecule has 1 rings (SSSR count). The maximum absolute atomic E-state index is 9.39. The molecule has 18 heavy (non-hydrogen) atoms. The summed E-state index contributed by atoms with van der Waals surface area (Å²) in [6.07, 6.45) is 2.05. The number of rotatable bonds is 6. The smallest absolute Gasteiger partial charge is 0.0932 e. The number of ether oxygens (including phenoxy) is 1. The molecule has 0 aliphatic carbocycles. The average molecular weight is 257 g/mol. The Bertz CT molecular complexity index is 304. The predicted molar refractivity (Wildman–Crippen MR) is 75.4 cm³/mol. The van der Waals surface area contributed by atoms with Crippen LogP contribution in [0.4, 0.5) is 0 Å². The van der Waals surface area contributed by atoms with Gasteiger partial charge in [0, 0.05) is 12.1 Å². The van der Waals surface area contributed by atoms with Crippen molar-refractivity contribution in [3.8, 4) is 0 Å². The van der Waals surface area contributed by atoms with E-state index in [-0.39, 0.29) is 34.7 Å². The highest BCUT2D eigenvalue weighted by Crippen LogP contribution is 2.54. The molecule has 3 nitrogen and oxygen atoms in total. The van der Waals surface area contributed by atoms with Crippen molar-refractivity contribution in [2.75, 3.05) is 6.61 Å². The lowest BCUT2D eigenvalue weighted by Gasteiger charge is -2.33. The van der Waals surface area contributed by atoms with Crippen molar-refractivity contribution in [1.29, 1.82) is 0 Å². The summed E-state index contributed by atoms with van der Waals surface area (Å²) in [6.45, 7) is 15.1. The SMILES string of the molecule is CC(C)(N)CC(C)(C)C1OC1(C)CC(C)(C)CO. The Morgan fingerprint density at radius 1 is 1.17 bits per heavy atom. The van der Waals surface area contributed by atoms with Crippen molar-refractivity contribution < 1.29 is 9.84 Å². The van der Waals surface area contributed by atoms with Crippen molar-refractivity contribution in [2.45, 2.75) is 78.6 Å². The minimum Gasteiger partial charge on any atom is -0.396 e. The highest BCUT2D eigenvalue weighted by molar-refractivity contribution is 5.09. The highest BCUT2D eigenvalue weighted by Gasteiger charge is 2.61. The Morgan fingerprint density at radius 3 is 2.06 bits per heavy atom. The number of hydrogen-bond donors (Lipinski definition) is 2. The van der Waals surface area contributed by atoms with Gasteiger partial charge in [-0.15, -0.1) is 0 Å². The monoisotopic (exact) mass is 257 g/mol. The van der Waals surface area contributed by atoms with Crippen LogP contribution < -0.4 is 5.73 Å². The molecule has 3 heteroatoms. The topological polar surface area (TPSA) is 58.8 Å². The van der Waals surface area contributed by atoms with E-state index < -0.39 is 0 Å². The molecule has 1 saturated heterocycles. The Kier molecular flexibility index (Phi) is 3.95. The molecule has 1 aliphatic rings. The molecular formula is C15H31NO2. The molecule has 0 amide bonds. The second-order valence-electron chi connectivity index (χ2n) is 8.46. The van der Waals surface area contributed by atoms with Crippen LogP contribution in [-0.2, 0) is 4.74 Å². The summed E-state index contributed by atoms with van der Waals surface area (Å²) in [5, 5.41) is 9.39. The van der Waals surface area contributed by atoms with Gasteiger partial charge < -0.3 is 15.6 Å². The molecule has 0 aromatic rings. The molecule has 0 saturated carbocycles. The van der Waals surface area contributed by atoms with Gasteiger partial charge in [0.05, 0.1) is 11.7 Å². The normalized spacial score (nSPS) is 29.5. The molecule has 0 bridgehead atoms. The third-order valence-corrected chi connectivity index (χ3v) is 3.76. The lowest BCUT2D eigenvalue weighted by atomic mass is 9.72. The lowest BCUT2D eigenvalue weighted by molar-refractivity contribution is 0.118. The largest absolute Gasteiger partial charge is 0.396 e. The summed E-state index contributed by atoms with van der Waals surface area (Å²) >= 11 is 0. The molecular weight excluding hydrogens is 226 g/mol. The maximum atomic E-state index is 9.39. The average Bonchev–Trinajstić information content (AvgIpc) is 2.73. The van der Waals surface area contributed by atoms with E-state index in [4.69, 9.17) is 10.5 Å². The molecule has 1 aliphatic heterocycles. The second kappa shape index (κ2) is 4.46. The van der Waals surface area contributed by atoms with Crippen LogP contribution in [0.2, 0.25) is 0 Å². The van der Waals surface area contributed by atoms with Crippen LogP contribution in [0.3, 0.4) is 0 Å². The van der Waals surface area contributed by atoms with Gasteiger partial charge in [-0.2, -0.15) is 0 Å². The van der Waals surface area contributed by atoms with E-state index in [1.807, 2.05) is 0 Å². The van der Waals surface area contributed by atoms with E-state index >= 15 is 0 Å². The lowest BCUT2D eigenvalue weighted by Crippen LogP contribution is -2.41. The standard InChI is InChI=1S/C15H31NO2/c1-12(2,10-17)8-15(7)11(18-15)13(3,4)9-14(5,6)16/h11,17H,8-10,16H2,1-7H3. The minimum absolute atomic E-state index is 0.0680. The molecule has 1 fully saturated rings. The predicted octanol–water partition coefficient (Wildman–Crippen LogP) is 2.71. The van der Waals surface area contributed by atoms with Crippen LogP contribution in [0.25, 0.3) is 0 Å². The minimum atomic E-state index is -0.178. The first-order chi connectivity index (χ1) is 7.81. The molecule has 2 unspecified atom stereocenters. The Hall–Kier alpha value is -0.120. The van der Waals surface area contributed by atoms with Gasteiger partial charge in [0.15, 0.2) is 0 Å². The summed E-state index contributed by atoms with van der Waals surface area (Å²) in [7, 11) is 0. The Morgan fingerprint density at radius 2 is 1.67 bits per heavy atom. The molecule has 0 aromatic heterocycles. The number of aliphatic hydroxyl groups is 1. The van der Waals surface area contributed by atoms with E-state index in [2.05, 4.69) is 48.5 Å². The summed E-state index contributed by atoms with van der Waals surface area (Å²) < 4.78 is 5.99. The number of nitrogens with two attached hydrogens (primary N) is 1. The molecule has 108 valence electrons. The second-order valence-corrected chi connectivity index (χ2v) is 8.46. The molecule has 3 N–H and O–H groups in total. The molecule has 0 spiro atoms. The van der Waals surface area contributed by atoms with Crippen LogP contribution in [0.5, 0.6) is 0 Å². The van der Waals surface area contributed by atoms with Crippen molar-refractivity contribution in [2.24, 2.45) is 16.6 Å². The van der Waals surface area contributed by atoms with Gasteiger partial charge >= 0.3 is 0 Å². The summed E-state index contributed by atoms with van der Waals surface area (Å²) in [5.41, 5.74) is 5.83. The first-order valence-corrected chi connectivity index (χ1v) is 6.89. The Labute approximate surface area is 112 Å². The Balaban J connectivity index is 2.67. The van der Waals surface area contributed by atoms with Crippen molar-refractivity contribution >= 4 is 0 Å². The van der Waals surface area contributed by atoms with E-state index in [0.717, 1.165) is 12.8 Å². The first-order valence-electron chi connectivity index (χ1n) is 6.89. The zero-order valence-corrected chi connectivity index (χ0v) is 13.1. The van der Waals surface area contributed by atoms with Gasteiger partial charge in [-0.05, 0) is 44.4 Å². The first kappa shape index (κ1) is 15.9. The number of epoxide rings is 1. The van der Waals surface area contributed by atoms with Crippen LogP contribution in [0, 0.1) is 10.8 Å². The number of aliphatic hydroxyl groups excluding tert-OH is 1. The van der Waals surface area contributed by atoms with Gasteiger partial charge in [-0.25, -0.2) is 0 Å². The van der Waals surface area contributed by atoms with E-state index in [1.165, 1.54) is 0 Å². The van der Waals surface area contributed by atoms with Gasteiger partial charge in [-0.3, -0.25) is 0 Å². The van der Waals surface area contributed by atoms with Gasteiger partial charge in [-0.1, -0.05) is 27.7 Å². The van der Waals surface area contributed by atoms with Crippen molar-refractivity contribution in [1.82, 2.24) is 0 Å². The van der Waals surface area contributed by atoms with Crippen molar-refractivity contribution in [3.63, 3.8) is 0 Å². The van der Waals surface area contributed by atoms with Crippen LogP contribution in [0.1, 0.15) is 61.3 Å². The summed E-state index contributed by atoms with van der Waals surface area (Å²) in [4.78, 5) is 0. The third kappa shape index (κ3) is 3.94. The zero-order valence-electron chi connectivity index (χ0n) is 13.1. The highest BCUT2D eigenvalue weighted by atomic mass is 16.6. The molecule has 0 radical (unpaired) electrons. The fourth-order valence-electron chi connectivity index (χ4n) is 3.63. The fourth-order valence-corrected chi connectivity index (χ4v) is 3.63. The van der Waals surface area contributed by atoms with Crippen LogP contribution in [-0.4, -0.2) is 29.0 Å². The third-order valence-electron chi connectivity index (χ3n) is 3.76. The van der Waals surface area contributed by atoms with Gasteiger partial charge in [0.1, 0.15) is 0 Å². The van der Waals surface area contributed by atoms with E-state index in [0.29, 0.717) is 0 Å². The van der Waals surface area contributed by atoms with Crippen LogP contribution >= 0.6 is 0 Å². The molecule has 0 aromatic carbocycles. The van der Waals surface area contributed by atoms with Gasteiger partial charge in [0.25, 0.3) is 0 Å². The van der Waals surface area contributed by atoms with E-state index in [9.17, 15) is 5.11 Å². The fraction of sp³-hybridized carbons (Fsp3) is 1.00. The zero-order chi connectivity index (χ0) is 14.4. The van der Waals surface area contributed by atoms with E-state index in [1.54, 1.807) is 0 Å². The summed E-state index contributed by atoms with van der Waals surface area (Å²) in [6, 6.07) is 0. The molecule has 2 atom stereocenters. The van der Waals surface area contributed by atoms with Crippen molar-refractivity contribution in [3.05, 3.63) is 0 Å². The maximum Gasteiger partial charge on any atom is 0.0932 e. The van der Waals surface area contributed by atoms with Gasteiger partial charge in [0.2, 0.25) is 0 Å². The van der Waals surface area contributed by atoms with Crippen LogP contribution in [0.15, 0.2) is 0 Å².